The second-order valence-electron chi connectivity index (χ2n) is 3.51. The summed E-state index contributed by atoms with van der Waals surface area (Å²) in [7, 11) is 0. The number of quaternary nitrogens is 1. The minimum absolute atomic E-state index is 0. The zero-order chi connectivity index (χ0) is 12.3. The Kier molecular flexibility index (Phi) is 11.2. The second-order valence-corrected chi connectivity index (χ2v) is 3.51. The molecule has 0 saturated carbocycles. The summed E-state index contributed by atoms with van der Waals surface area (Å²) >= 11 is 0. The Balaban J connectivity index is 0. The molecule has 0 bridgehead atoms. The van der Waals surface area contributed by atoms with Crippen molar-refractivity contribution in [3.63, 3.8) is 0 Å². The van der Waals surface area contributed by atoms with Crippen molar-refractivity contribution in [3.05, 3.63) is 49.7 Å². The molecule has 5 nitrogen and oxygen atoms in total. The lowest BCUT2D eigenvalue weighted by Gasteiger charge is -2.34. The van der Waals surface area contributed by atoms with E-state index in [1.165, 1.54) is 0 Å². The maximum absolute atomic E-state index is 8.70. The van der Waals surface area contributed by atoms with Crippen LogP contribution in [-0.2, 0) is 0 Å². The standard InChI is InChI=1S/C12H19NO3.H2O/c1-2-6-13(7-3-10-14,8-4-11-15)9-5-12-16;/h2-5,10-12H,1,6-9H2,(H2-,14,15,16);1H2. The zero-order valence-corrected chi connectivity index (χ0v) is 9.81. The summed E-state index contributed by atoms with van der Waals surface area (Å²) in [5.41, 5.74) is 0. The Bertz CT molecular complexity index is 236. The fourth-order valence-electron chi connectivity index (χ4n) is 1.53. The van der Waals surface area contributed by atoms with Gasteiger partial charge in [0.1, 0.15) is 19.6 Å². The van der Waals surface area contributed by atoms with Gasteiger partial charge in [0.25, 0.3) is 0 Å². The van der Waals surface area contributed by atoms with Crippen molar-refractivity contribution in [2.75, 3.05) is 26.2 Å². The van der Waals surface area contributed by atoms with Crippen molar-refractivity contribution in [1.82, 2.24) is 0 Å². The predicted octanol–water partition coefficient (Wildman–Crippen LogP) is 2.03. The van der Waals surface area contributed by atoms with Crippen molar-refractivity contribution in [2.45, 2.75) is 0 Å². The third-order valence-corrected chi connectivity index (χ3v) is 2.31. The SMILES string of the molecule is C=CC[N+](CC=CO)(CC=CO)CC=CO.[OH-]. The molecule has 0 aromatic carbocycles. The van der Waals surface area contributed by atoms with Gasteiger partial charge in [-0.1, -0.05) is 6.58 Å². The monoisotopic (exact) mass is 243 g/mol. The molecular formula is C12H21NO4. The molecule has 98 valence electrons. The molecule has 0 heterocycles. The highest BCUT2D eigenvalue weighted by atomic mass is 16.2. The van der Waals surface area contributed by atoms with Crippen LogP contribution < -0.4 is 0 Å². The quantitative estimate of drug-likeness (QED) is 0.345. The second kappa shape index (κ2) is 10.8. The van der Waals surface area contributed by atoms with Crippen molar-refractivity contribution in [1.29, 1.82) is 0 Å². The molecule has 17 heavy (non-hydrogen) atoms. The van der Waals surface area contributed by atoms with Gasteiger partial charge in [-0.3, -0.25) is 0 Å². The molecule has 4 N–H and O–H groups in total. The topological polar surface area (TPSA) is 90.7 Å². The van der Waals surface area contributed by atoms with Crippen LogP contribution in [0.2, 0.25) is 0 Å². The first-order valence-corrected chi connectivity index (χ1v) is 5.08. The Labute approximate surface area is 102 Å². The minimum atomic E-state index is 0. The Morgan fingerprint density at radius 3 is 1.35 bits per heavy atom. The van der Waals surface area contributed by atoms with Crippen LogP contribution in [-0.4, -0.2) is 51.5 Å². The first kappa shape index (κ1) is 17.7. The van der Waals surface area contributed by atoms with Gasteiger partial charge >= 0.3 is 0 Å². The lowest BCUT2D eigenvalue weighted by molar-refractivity contribution is -0.906. The first-order chi connectivity index (χ1) is 7.74. The van der Waals surface area contributed by atoms with Gasteiger partial charge in [0.15, 0.2) is 0 Å². The summed E-state index contributed by atoms with van der Waals surface area (Å²) in [5.74, 6) is 0. The molecule has 5 heteroatoms. The molecule has 0 aromatic heterocycles. The summed E-state index contributed by atoms with van der Waals surface area (Å²) in [6.45, 7) is 6.16. The van der Waals surface area contributed by atoms with E-state index in [0.717, 1.165) is 18.8 Å². The first-order valence-electron chi connectivity index (χ1n) is 5.08. The minimum Gasteiger partial charge on any atom is -0.870 e. The lowest BCUT2D eigenvalue weighted by Crippen LogP contribution is -2.48. The van der Waals surface area contributed by atoms with Gasteiger partial charge in [0, 0.05) is 18.2 Å². The molecule has 0 fully saturated rings. The van der Waals surface area contributed by atoms with E-state index in [2.05, 4.69) is 6.58 Å². The highest BCUT2D eigenvalue weighted by Crippen LogP contribution is 2.08. The van der Waals surface area contributed by atoms with Gasteiger partial charge in [-0.05, 0) is 6.08 Å². The highest BCUT2D eigenvalue weighted by molar-refractivity contribution is 4.83. The average molecular weight is 243 g/mol. The van der Waals surface area contributed by atoms with E-state index in [9.17, 15) is 0 Å². The van der Waals surface area contributed by atoms with Crippen molar-refractivity contribution >= 4 is 0 Å². The van der Waals surface area contributed by atoms with Gasteiger partial charge in [-0.15, -0.1) is 0 Å². The zero-order valence-electron chi connectivity index (χ0n) is 9.81. The molecule has 0 atom stereocenters. The van der Waals surface area contributed by atoms with Crippen molar-refractivity contribution < 1.29 is 25.3 Å². The predicted molar refractivity (Wildman–Crippen MR) is 67.2 cm³/mol. The molecule has 0 aliphatic rings. The molecule has 0 saturated heterocycles. The van der Waals surface area contributed by atoms with Crippen LogP contribution in [0.25, 0.3) is 0 Å². The molecular weight excluding hydrogens is 222 g/mol. The van der Waals surface area contributed by atoms with Gasteiger partial charge in [-0.2, -0.15) is 0 Å². The molecule has 0 unspecified atom stereocenters. The molecule has 0 amide bonds. The van der Waals surface area contributed by atoms with Crippen LogP contribution in [0.1, 0.15) is 0 Å². The lowest BCUT2D eigenvalue weighted by atomic mass is 10.3. The van der Waals surface area contributed by atoms with Crippen LogP contribution in [0.4, 0.5) is 0 Å². The van der Waals surface area contributed by atoms with Crippen LogP contribution in [0.3, 0.4) is 0 Å². The van der Waals surface area contributed by atoms with Gasteiger partial charge in [0.2, 0.25) is 0 Å². The van der Waals surface area contributed by atoms with Crippen LogP contribution in [0.5, 0.6) is 0 Å². The number of aliphatic hydroxyl groups is 3. The molecule has 0 aromatic rings. The number of nitrogens with zero attached hydrogens (tertiary/aromatic N) is 1. The Hall–Kier alpha value is -1.72. The van der Waals surface area contributed by atoms with E-state index in [0.29, 0.717) is 30.7 Å². The normalized spacial score (nSPS) is 15.1. The third kappa shape index (κ3) is 7.21. The average Bonchev–Trinajstić information content (AvgIpc) is 2.31. The smallest absolute Gasteiger partial charge is 0.101 e. The van der Waals surface area contributed by atoms with Crippen LogP contribution >= 0.6 is 0 Å². The van der Waals surface area contributed by atoms with Gasteiger partial charge < -0.3 is 25.3 Å². The Morgan fingerprint density at radius 2 is 1.12 bits per heavy atom. The largest absolute Gasteiger partial charge is 0.870 e. The third-order valence-electron chi connectivity index (χ3n) is 2.31. The van der Waals surface area contributed by atoms with Crippen molar-refractivity contribution in [3.8, 4) is 0 Å². The van der Waals surface area contributed by atoms with Gasteiger partial charge in [0.05, 0.1) is 25.3 Å². The number of hydrogen-bond donors (Lipinski definition) is 3. The van der Waals surface area contributed by atoms with E-state index < -0.39 is 0 Å². The molecule has 0 radical (unpaired) electrons. The van der Waals surface area contributed by atoms with Crippen LogP contribution in [0.15, 0.2) is 49.7 Å². The van der Waals surface area contributed by atoms with E-state index in [-0.39, 0.29) is 5.48 Å². The van der Waals surface area contributed by atoms with E-state index in [4.69, 9.17) is 15.3 Å². The summed E-state index contributed by atoms with van der Waals surface area (Å²) in [5, 5.41) is 26.1. The van der Waals surface area contributed by atoms with E-state index in [1.807, 2.05) is 0 Å². The molecule has 0 rings (SSSR count). The number of aliphatic hydroxyl groups excluding tert-OH is 3. The number of rotatable bonds is 8. The molecule has 0 spiro atoms. The summed E-state index contributed by atoms with van der Waals surface area (Å²) in [6, 6.07) is 0. The van der Waals surface area contributed by atoms with Gasteiger partial charge in [-0.25, -0.2) is 0 Å². The Morgan fingerprint density at radius 1 is 0.765 bits per heavy atom. The molecule has 0 aliphatic carbocycles. The molecule has 0 aliphatic heterocycles. The maximum Gasteiger partial charge on any atom is 0.101 e. The van der Waals surface area contributed by atoms with Crippen molar-refractivity contribution in [2.24, 2.45) is 0 Å². The van der Waals surface area contributed by atoms with E-state index >= 15 is 0 Å². The fraction of sp³-hybridized carbons (Fsp3) is 0.333. The van der Waals surface area contributed by atoms with Crippen LogP contribution in [0, 0.1) is 0 Å². The fourth-order valence-corrected chi connectivity index (χ4v) is 1.53. The summed E-state index contributed by atoms with van der Waals surface area (Å²) in [4.78, 5) is 0. The summed E-state index contributed by atoms with van der Waals surface area (Å²) in [6.07, 6.45) is 9.70. The maximum atomic E-state index is 8.70. The highest BCUT2D eigenvalue weighted by Gasteiger charge is 2.21. The number of hydrogen-bond acceptors (Lipinski definition) is 4. The summed E-state index contributed by atoms with van der Waals surface area (Å²) < 4.78 is 0.550. The van der Waals surface area contributed by atoms with E-state index in [1.54, 1.807) is 24.3 Å².